The van der Waals surface area contributed by atoms with Crippen molar-refractivity contribution < 1.29 is 40.6 Å². The van der Waals surface area contributed by atoms with E-state index >= 15 is 0 Å². The van der Waals surface area contributed by atoms with E-state index in [2.05, 4.69) is 14.5 Å². The van der Waals surface area contributed by atoms with Crippen molar-refractivity contribution in [2.24, 2.45) is 0 Å². The van der Waals surface area contributed by atoms with Crippen molar-refractivity contribution in [3.8, 4) is 5.75 Å². The zero-order chi connectivity index (χ0) is 16.4. The Morgan fingerprint density at radius 1 is 1.29 bits per heavy atom. The van der Waals surface area contributed by atoms with Crippen LogP contribution in [0.25, 0.3) is 0 Å². The average molecular weight is 338 g/mol. The van der Waals surface area contributed by atoms with Crippen LogP contribution in [0.15, 0.2) is 6.20 Å². The van der Waals surface area contributed by atoms with Gasteiger partial charge < -0.3 is 9.47 Å². The first kappa shape index (κ1) is 17.3. The van der Waals surface area contributed by atoms with Gasteiger partial charge in [-0.3, -0.25) is 0 Å². The van der Waals surface area contributed by atoms with Crippen LogP contribution in [-0.2, 0) is 10.9 Å². The number of halogens is 7. The summed E-state index contributed by atoms with van der Waals surface area (Å²) in [7, 11) is 0. The molecular weight excluding hydrogens is 332 g/mol. The van der Waals surface area contributed by atoms with Gasteiger partial charge in [-0.05, 0) is 6.92 Å². The fourth-order valence-corrected chi connectivity index (χ4v) is 1.54. The monoisotopic (exact) mass is 337 g/mol. The molecule has 21 heavy (non-hydrogen) atoms. The van der Waals surface area contributed by atoms with E-state index in [1.54, 1.807) is 0 Å². The Kier molecular flexibility index (Phi) is 4.92. The van der Waals surface area contributed by atoms with Crippen molar-refractivity contribution in [2.75, 3.05) is 6.61 Å². The maximum absolute atomic E-state index is 12.8. The lowest BCUT2D eigenvalue weighted by atomic mass is 10.2. The summed E-state index contributed by atoms with van der Waals surface area (Å²) < 4.78 is 82.8. The van der Waals surface area contributed by atoms with E-state index in [1.807, 2.05) is 0 Å². The van der Waals surface area contributed by atoms with Gasteiger partial charge in [-0.1, -0.05) is 11.6 Å². The molecule has 0 unspecified atom stereocenters. The van der Waals surface area contributed by atoms with Crippen LogP contribution in [-0.4, -0.2) is 23.9 Å². The number of hydrogen-bond acceptors (Lipinski definition) is 4. The highest BCUT2D eigenvalue weighted by molar-refractivity contribution is 6.31. The van der Waals surface area contributed by atoms with Crippen molar-refractivity contribution >= 4 is 17.6 Å². The number of pyridine rings is 1. The van der Waals surface area contributed by atoms with E-state index in [4.69, 9.17) is 11.6 Å². The Morgan fingerprint density at radius 2 is 1.86 bits per heavy atom. The highest BCUT2D eigenvalue weighted by Crippen LogP contribution is 2.43. The molecule has 0 aliphatic carbocycles. The van der Waals surface area contributed by atoms with Crippen LogP contribution in [0, 0.1) is 0 Å². The van der Waals surface area contributed by atoms with Crippen molar-refractivity contribution in [2.45, 2.75) is 19.5 Å². The van der Waals surface area contributed by atoms with Crippen molar-refractivity contribution in [3.63, 3.8) is 0 Å². The number of carbonyl (C=O) groups is 1. The van der Waals surface area contributed by atoms with E-state index in [0.29, 0.717) is 6.20 Å². The molecular formula is C10H6ClF6NO3. The van der Waals surface area contributed by atoms with Crippen LogP contribution in [0.4, 0.5) is 26.3 Å². The van der Waals surface area contributed by atoms with Gasteiger partial charge in [0.15, 0.2) is 11.4 Å². The van der Waals surface area contributed by atoms with Gasteiger partial charge in [0, 0.05) is 6.20 Å². The van der Waals surface area contributed by atoms with Crippen LogP contribution in [0.1, 0.15) is 23.0 Å². The number of rotatable bonds is 3. The third kappa shape index (κ3) is 4.38. The molecule has 4 nitrogen and oxygen atoms in total. The summed E-state index contributed by atoms with van der Waals surface area (Å²) in [5, 5.41) is -1.14. The van der Waals surface area contributed by atoms with Gasteiger partial charge in [0.2, 0.25) is 0 Å². The number of alkyl halides is 6. The largest absolute Gasteiger partial charge is 0.573 e. The molecule has 0 aromatic carbocycles. The second-order valence-electron chi connectivity index (χ2n) is 3.42. The summed E-state index contributed by atoms with van der Waals surface area (Å²) in [5.41, 5.74) is -3.23. The Labute approximate surface area is 118 Å². The molecule has 0 spiro atoms. The third-order valence-corrected chi connectivity index (χ3v) is 2.24. The van der Waals surface area contributed by atoms with E-state index in [-0.39, 0.29) is 6.61 Å². The minimum Gasteiger partial charge on any atom is -0.461 e. The summed E-state index contributed by atoms with van der Waals surface area (Å²) in [6.45, 7) is 1.03. The molecule has 0 aliphatic heterocycles. The molecule has 0 radical (unpaired) electrons. The van der Waals surface area contributed by atoms with Crippen LogP contribution in [0.3, 0.4) is 0 Å². The fraction of sp³-hybridized carbons (Fsp3) is 0.400. The van der Waals surface area contributed by atoms with Gasteiger partial charge in [-0.2, -0.15) is 13.2 Å². The normalized spacial score (nSPS) is 12.2. The lowest BCUT2D eigenvalue weighted by molar-refractivity contribution is -0.276. The Bertz CT molecular complexity index is 543. The molecule has 1 rings (SSSR count). The van der Waals surface area contributed by atoms with E-state index in [9.17, 15) is 31.1 Å². The number of esters is 1. The fourth-order valence-electron chi connectivity index (χ4n) is 1.30. The van der Waals surface area contributed by atoms with Crippen LogP contribution in [0.2, 0.25) is 5.02 Å². The predicted molar refractivity (Wildman–Crippen MR) is 56.9 cm³/mol. The van der Waals surface area contributed by atoms with Crippen LogP contribution >= 0.6 is 11.6 Å². The maximum atomic E-state index is 12.8. The van der Waals surface area contributed by atoms with Gasteiger partial charge >= 0.3 is 18.5 Å². The van der Waals surface area contributed by atoms with Crippen LogP contribution in [0.5, 0.6) is 5.75 Å². The number of nitrogens with zero attached hydrogens (tertiary/aromatic N) is 1. The lowest BCUT2D eigenvalue weighted by Crippen LogP contribution is -2.24. The van der Waals surface area contributed by atoms with Gasteiger partial charge in [0.25, 0.3) is 0 Å². The number of ether oxygens (including phenoxy) is 2. The molecule has 0 aliphatic rings. The third-order valence-electron chi connectivity index (χ3n) is 1.96. The summed E-state index contributed by atoms with van der Waals surface area (Å²) in [4.78, 5) is 14.5. The second kappa shape index (κ2) is 5.96. The SMILES string of the molecule is CCOC(=O)c1ncc(Cl)c(C(F)(F)F)c1OC(F)(F)F. The summed E-state index contributed by atoms with van der Waals surface area (Å²) in [6, 6.07) is 0. The molecule has 1 aromatic heterocycles. The second-order valence-corrected chi connectivity index (χ2v) is 3.83. The Morgan fingerprint density at radius 3 is 2.29 bits per heavy atom. The summed E-state index contributed by atoms with van der Waals surface area (Å²) >= 11 is 5.21. The molecule has 0 atom stereocenters. The number of aromatic nitrogens is 1. The average Bonchev–Trinajstić information content (AvgIpc) is 2.25. The molecule has 0 amide bonds. The van der Waals surface area contributed by atoms with Crippen molar-refractivity contribution in [3.05, 3.63) is 22.5 Å². The van der Waals surface area contributed by atoms with Gasteiger partial charge in [0.05, 0.1) is 11.6 Å². The molecule has 1 aromatic rings. The topological polar surface area (TPSA) is 48.4 Å². The molecule has 11 heteroatoms. The quantitative estimate of drug-likeness (QED) is 0.621. The minimum atomic E-state index is -5.48. The lowest BCUT2D eigenvalue weighted by Gasteiger charge is -2.18. The number of hydrogen-bond donors (Lipinski definition) is 0. The zero-order valence-corrected chi connectivity index (χ0v) is 10.9. The van der Waals surface area contributed by atoms with Gasteiger partial charge in [0.1, 0.15) is 5.56 Å². The predicted octanol–water partition coefficient (Wildman–Crippen LogP) is 3.83. The molecule has 0 N–H and O–H groups in total. The van der Waals surface area contributed by atoms with Gasteiger partial charge in [-0.15, -0.1) is 13.2 Å². The first-order valence-corrected chi connectivity index (χ1v) is 5.53. The summed E-state index contributed by atoms with van der Waals surface area (Å²) in [6.07, 6.45) is -10.4. The highest BCUT2D eigenvalue weighted by atomic mass is 35.5. The molecule has 0 saturated heterocycles. The Balaban J connectivity index is 3.55. The minimum absolute atomic E-state index is 0.282. The first-order chi connectivity index (χ1) is 9.47. The maximum Gasteiger partial charge on any atom is 0.573 e. The molecule has 0 saturated carbocycles. The van der Waals surface area contributed by atoms with Gasteiger partial charge in [-0.25, -0.2) is 9.78 Å². The van der Waals surface area contributed by atoms with Crippen molar-refractivity contribution in [1.82, 2.24) is 4.98 Å². The highest BCUT2D eigenvalue weighted by Gasteiger charge is 2.44. The molecule has 1 heterocycles. The first-order valence-electron chi connectivity index (χ1n) is 5.16. The molecule has 118 valence electrons. The number of carbonyl (C=O) groups excluding carboxylic acids is 1. The van der Waals surface area contributed by atoms with Crippen molar-refractivity contribution in [1.29, 1.82) is 0 Å². The zero-order valence-electron chi connectivity index (χ0n) is 10.1. The van der Waals surface area contributed by atoms with Crippen LogP contribution < -0.4 is 4.74 Å². The van der Waals surface area contributed by atoms with E-state index in [1.165, 1.54) is 6.92 Å². The Hall–Kier alpha value is -1.71. The van der Waals surface area contributed by atoms with E-state index < -0.39 is 40.5 Å². The smallest absolute Gasteiger partial charge is 0.461 e. The van der Waals surface area contributed by atoms with E-state index in [0.717, 1.165) is 0 Å². The molecule has 0 fully saturated rings. The summed E-state index contributed by atoms with van der Waals surface area (Å²) in [5.74, 6) is -3.35. The molecule has 0 bridgehead atoms. The standard InChI is InChI=1S/C10H6ClF6NO3/c1-2-20-8(19)6-7(21-10(15,16)17)5(9(12,13)14)4(11)3-18-6/h3H,2H2,1H3.